The Hall–Kier alpha value is -3.93. The molecule has 35 heavy (non-hydrogen) atoms. The molecular weight excluding hydrogens is 440 g/mol. The summed E-state index contributed by atoms with van der Waals surface area (Å²) in [5.74, 6) is -1.00. The lowest BCUT2D eigenvalue weighted by Crippen LogP contribution is -2.41. The van der Waals surface area contributed by atoms with E-state index in [1.807, 2.05) is 79.7 Å². The van der Waals surface area contributed by atoms with Gasteiger partial charge in [0, 0.05) is 31.1 Å². The van der Waals surface area contributed by atoms with E-state index in [9.17, 15) is 14.4 Å². The summed E-state index contributed by atoms with van der Waals surface area (Å²) in [7, 11) is 0. The zero-order valence-electron chi connectivity index (χ0n) is 19.9. The lowest BCUT2D eigenvalue weighted by atomic mass is 9.97. The SMILES string of the molecule is CCN(C(=O)COC(=O)C1CCN(C(=O)/C=C/c2ccccc2)CC1)c1cccc2ccccc12. The summed E-state index contributed by atoms with van der Waals surface area (Å²) in [6, 6.07) is 23.4. The zero-order valence-corrected chi connectivity index (χ0v) is 19.9. The molecule has 1 saturated heterocycles. The number of carbonyl (C=O) groups is 3. The molecule has 6 heteroatoms. The van der Waals surface area contributed by atoms with Gasteiger partial charge in [-0.1, -0.05) is 66.7 Å². The van der Waals surface area contributed by atoms with Gasteiger partial charge in [-0.15, -0.1) is 0 Å². The van der Waals surface area contributed by atoms with Crippen LogP contribution in [0.15, 0.2) is 78.9 Å². The summed E-state index contributed by atoms with van der Waals surface area (Å²) in [5, 5.41) is 2.03. The van der Waals surface area contributed by atoms with Crippen molar-refractivity contribution in [3.05, 3.63) is 84.4 Å². The predicted octanol–water partition coefficient (Wildman–Crippen LogP) is 4.69. The van der Waals surface area contributed by atoms with Crippen molar-refractivity contribution in [3.63, 3.8) is 0 Å². The number of fused-ring (bicyclic) bond motifs is 1. The quantitative estimate of drug-likeness (QED) is 0.371. The zero-order chi connectivity index (χ0) is 24.6. The Balaban J connectivity index is 1.28. The Labute approximate surface area is 205 Å². The molecular formula is C29H30N2O4. The number of benzene rings is 3. The summed E-state index contributed by atoms with van der Waals surface area (Å²) < 4.78 is 5.41. The average Bonchev–Trinajstić information content (AvgIpc) is 2.91. The fourth-order valence-corrected chi connectivity index (χ4v) is 4.43. The van der Waals surface area contributed by atoms with E-state index >= 15 is 0 Å². The van der Waals surface area contributed by atoms with E-state index < -0.39 is 0 Å². The van der Waals surface area contributed by atoms with Crippen LogP contribution < -0.4 is 4.90 Å². The van der Waals surface area contributed by atoms with E-state index in [0.717, 1.165) is 22.0 Å². The number of ether oxygens (including phenoxy) is 1. The topological polar surface area (TPSA) is 66.9 Å². The maximum atomic E-state index is 12.9. The van der Waals surface area contributed by atoms with Crippen molar-refractivity contribution < 1.29 is 19.1 Å². The van der Waals surface area contributed by atoms with Gasteiger partial charge in [0.2, 0.25) is 5.91 Å². The minimum absolute atomic E-state index is 0.0653. The number of esters is 1. The van der Waals surface area contributed by atoms with Crippen molar-refractivity contribution in [2.45, 2.75) is 19.8 Å². The smallest absolute Gasteiger partial charge is 0.309 e. The van der Waals surface area contributed by atoms with Crippen LogP contribution in [0.25, 0.3) is 16.8 Å². The molecule has 3 aromatic carbocycles. The highest BCUT2D eigenvalue weighted by Gasteiger charge is 2.28. The first-order valence-corrected chi connectivity index (χ1v) is 12.0. The summed E-state index contributed by atoms with van der Waals surface area (Å²) in [6.07, 6.45) is 4.42. The van der Waals surface area contributed by atoms with E-state index in [1.165, 1.54) is 0 Å². The van der Waals surface area contributed by atoms with Gasteiger partial charge in [0.1, 0.15) is 0 Å². The second-order valence-electron chi connectivity index (χ2n) is 8.59. The molecule has 4 rings (SSSR count). The van der Waals surface area contributed by atoms with Gasteiger partial charge in [-0.3, -0.25) is 14.4 Å². The molecule has 0 N–H and O–H groups in total. The first-order valence-electron chi connectivity index (χ1n) is 12.0. The molecule has 1 aliphatic heterocycles. The normalized spacial score (nSPS) is 14.3. The fourth-order valence-electron chi connectivity index (χ4n) is 4.43. The number of anilines is 1. The number of hydrogen-bond donors (Lipinski definition) is 0. The van der Waals surface area contributed by atoms with Crippen molar-refractivity contribution in [1.29, 1.82) is 0 Å². The molecule has 1 fully saturated rings. The van der Waals surface area contributed by atoms with Gasteiger partial charge in [-0.25, -0.2) is 0 Å². The first kappa shape index (κ1) is 24.2. The number of likely N-dealkylation sites (N-methyl/N-ethyl adjacent to an activating group) is 1. The van der Waals surface area contributed by atoms with Crippen LogP contribution >= 0.6 is 0 Å². The van der Waals surface area contributed by atoms with Gasteiger partial charge < -0.3 is 14.5 Å². The standard InChI is InChI=1S/C29H30N2O4/c1-2-31(26-14-8-12-23-11-6-7-13-25(23)26)28(33)21-35-29(34)24-17-19-30(20-18-24)27(32)16-15-22-9-4-3-5-10-22/h3-16,24H,2,17-21H2,1H3/b16-15+. The molecule has 3 aromatic rings. The van der Waals surface area contributed by atoms with Gasteiger partial charge in [0.05, 0.1) is 11.6 Å². The molecule has 0 unspecified atom stereocenters. The van der Waals surface area contributed by atoms with Crippen LogP contribution in [0.4, 0.5) is 5.69 Å². The molecule has 0 spiro atoms. The van der Waals surface area contributed by atoms with Gasteiger partial charge in [0.15, 0.2) is 6.61 Å². The maximum absolute atomic E-state index is 12.9. The Bertz CT molecular complexity index is 1210. The van der Waals surface area contributed by atoms with Crippen LogP contribution in [0.1, 0.15) is 25.3 Å². The molecule has 0 bridgehead atoms. The van der Waals surface area contributed by atoms with Crippen molar-refractivity contribution in [1.82, 2.24) is 4.90 Å². The number of hydrogen-bond acceptors (Lipinski definition) is 4. The van der Waals surface area contributed by atoms with Crippen LogP contribution in [0.5, 0.6) is 0 Å². The number of amides is 2. The Morgan fingerprint density at radius 1 is 0.943 bits per heavy atom. The monoisotopic (exact) mass is 470 g/mol. The maximum Gasteiger partial charge on any atom is 0.309 e. The van der Waals surface area contributed by atoms with Gasteiger partial charge in [-0.05, 0) is 42.9 Å². The third-order valence-electron chi connectivity index (χ3n) is 6.37. The molecule has 6 nitrogen and oxygen atoms in total. The molecule has 1 aliphatic rings. The molecule has 0 atom stereocenters. The van der Waals surface area contributed by atoms with Crippen LogP contribution in [-0.4, -0.2) is 48.9 Å². The second kappa shape index (κ2) is 11.5. The number of piperidine rings is 1. The largest absolute Gasteiger partial charge is 0.455 e. The number of rotatable bonds is 7. The second-order valence-corrected chi connectivity index (χ2v) is 8.59. The van der Waals surface area contributed by atoms with Crippen LogP contribution in [-0.2, 0) is 19.1 Å². The lowest BCUT2D eigenvalue weighted by Gasteiger charge is -2.30. The lowest BCUT2D eigenvalue weighted by molar-refractivity contribution is -0.154. The number of carbonyl (C=O) groups excluding carboxylic acids is 3. The minimum atomic E-state index is -0.376. The van der Waals surface area contributed by atoms with Gasteiger partial charge in [-0.2, -0.15) is 0 Å². The van der Waals surface area contributed by atoms with E-state index in [2.05, 4.69) is 0 Å². The van der Waals surface area contributed by atoms with Gasteiger partial charge >= 0.3 is 5.97 Å². The molecule has 0 saturated carbocycles. The van der Waals surface area contributed by atoms with Gasteiger partial charge in [0.25, 0.3) is 5.91 Å². The van der Waals surface area contributed by atoms with Crippen molar-refractivity contribution in [2.75, 3.05) is 31.1 Å². The van der Waals surface area contributed by atoms with Crippen molar-refractivity contribution in [3.8, 4) is 0 Å². The summed E-state index contributed by atoms with van der Waals surface area (Å²) in [6.45, 7) is 3.06. The number of likely N-dealkylation sites (tertiary alicyclic amines) is 1. The summed E-state index contributed by atoms with van der Waals surface area (Å²) in [5.41, 5.74) is 1.77. The van der Waals surface area contributed by atoms with Crippen LogP contribution in [0, 0.1) is 5.92 Å². The summed E-state index contributed by atoms with van der Waals surface area (Å²) >= 11 is 0. The molecule has 1 heterocycles. The van der Waals surface area contributed by atoms with Crippen LogP contribution in [0.3, 0.4) is 0 Å². The van der Waals surface area contributed by atoms with E-state index in [1.54, 1.807) is 22.0 Å². The molecule has 2 amide bonds. The minimum Gasteiger partial charge on any atom is -0.455 e. The highest BCUT2D eigenvalue weighted by Crippen LogP contribution is 2.27. The Morgan fingerprint density at radius 2 is 1.63 bits per heavy atom. The third kappa shape index (κ3) is 5.96. The average molecular weight is 471 g/mol. The highest BCUT2D eigenvalue weighted by molar-refractivity contribution is 6.04. The highest BCUT2D eigenvalue weighted by atomic mass is 16.5. The summed E-state index contributed by atoms with van der Waals surface area (Å²) in [4.78, 5) is 41.4. The van der Waals surface area contributed by atoms with E-state index in [-0.39, 0.29) is 30.3 Å². The Kier molecular flexibility index (Phi) is 7.93. The molecule has 0 aliphatic carbocycles. The molecule has 0 radical (unpaired) electrons. The van der Waals surface area contributed by atoms with Crippen molar-refractivity contribution in [2.24, 2.45) is 5.92 Å². The first-order chi connectivity index (χ1) is 17.1. The van der Waals surface area contributed by atoms with Crippen LogP contribution in [0.2, 0.25) is 0 Å². The molecule has 180 valence electrons. The fraction of sp³-hybridized carbons (Fsp3) is 0.276. The number of nitrogens with zero attached hydrogens (tertiary/aromatic N) is 2. The Morgan fingerprint density at radius 3 is 2.37 bits per heavy atom. The van der Waals surface area contributed by atoms with E-state index in [4.69, 9.17) is 4.74 Å². The molecule has 0 aromatic heterocycles. The predicted molar refractivity (Wildman–Crippen MR) is 138 cm³/mol. The van der Waals surface area contributed by atoms with Crippen molar-refractivity contribution >= 4 is 40.3 Å². The third-order valence-corrected chi connectivity index (χ3v) is 6.37. The van der Waals surface area contributed by atoms with E-state index in [0.29, 0.717) is 32.5 Å².